The van der Waals surface area contributed by atoms with E-state index >= 15 is 0 Å². The average Bonchev–Trinajstić information content (AvgIpc) is 3.37. The summed E-state index contributed by atoms with van der Waals surface area (Å²) in [4.78, 5) is 28.2. The van der Waals surface area contributed by atoms with Gasteiger partial charge in [-0.3, -0.25) is 19.9 Å². The smallest absolute Gasteiger partial charge is 0.269 e. The second kappa shape index (κ2) is 6.12. The molecule has 0 atom stereocenters. The lowest BCUT2D eigenvalue weighted by Gasteiger charge is -2.22. The number of non-ortho nitro benzene ring substituents is 1. The fourth-order valence-electron chi connectivity index (χ4n) is 2.42. The molecule has 0 spiro atoms. The number of amides is 1. The molecule has 118 valence electrons. The molecular formula is C16H14FN3O3. The molecule has 1 heterocycles. The molecule has 0 unspecified atom stereocenters. The molecule has 1 amide bonds. The van der Waals surface area contributed by atoms with Crippen molar-refractivity contribution in [3.8, 4) is 0 Å². The van der Waals surface area contributed by atoms with Gasteiger partial charge in [-0.05, 0) is 24.5 Å². The van der Waals surface area contributed by atoms with Crippen molar-refractivity contribution in [2.45, 2.75) is 25.4 Å². The summed E-state index contributed by atoms with van der Waals surface area (Å²) in [6.07, 6.45) is 4.08. The highest BCUT2D eigenvalue weighted by molar-refractivity contribution is 5.94. The lowest BCUT2D eigenvalue weighted by Crippen LogP contribution is -2.33. The van der Waals surface area contributed by atoms with E-state index in [-0.39, 0.29) is 23.8 Å². The van der Waals surface area contributed by atoms with Crippen molar-refractivity contribution in [2.75, 3.05) is 0 Å². The van der Waals surface area contributed by atoms with Gasteiger partial charge in [0.25, 0.3) is 11.6 Å². The minimum atomic E-state index is -0.665. The number of hydrogen-bond donors (Lipinski definition) is 0. The van der Waals surface area contributed by atoms with E-state index in [9.17, 15) is 19.3 Å². The zero-order chi connectivity index (χ0) is 16.4. The Hall–Kier alpha value is -2.83. The number of carbonyl (C=O) groups excluding carboxylic acids is 1. The van der Waals surface area contributed by atoms with Crippen molar-refractivity contribution in [3.05, 3.63) is 69.8 Å². The van der Waals surface area contributed by atoms with Crippen molar-refractivity contribution in [3.63, 3.8) is 0 Å². The highest BCUT2D eigenvalue weighted by Gasteiger charge is 2.34. The van der Waals surface area contributed by atoms with Crippen molar-refractivity contribution >= 4 is 11.6 Å². The molecule has 3 rings (SSSR count). The summed E-state index contributed by atoms with van der Waals surface area (Å²) in [5.41, 5.74) is 0.590. The Labute approximate surface area is 131 Å². The van der Waals surface area contributed by atoms with Crippen LogP contribution in [0.15, 0.2) is 42.7 Å². The molecule has 0 radical (unpaired) electrons. The summed E-state index contributed by atoms with van der Waals surface area (Å²) < 4.78 is 13.8. The zero-order valence-corrected chi connectivity index (χ0v) is 12.2. The van der Waals surface area contributed by atoms with Gasteiger partial charge in [0.05, 0.1) is 16.7 Å². The SMILES string of the molecule is O=C(c1ccncc1F)N(Cc1cccc([N+](=O)[O-])c1)C1CC1. The summed E-state index contributed by atoms with van der Waals surface area (Å²) in [5, 5.41) is 10.9. The maximum Gasteiger partial charge on any atom is 0.269 e. The van der Waals surface area contributed by atoms with Crippen LogP contribution in [0, 0.1) is 15.9 Å². The van der Waals surface area contributed by atoms with Crippen molar-refractivity contribution in [2.24, 2.45) is 0 Å². The van der Waals surface area contributed by atoms with Gasteiger partial charge in [0.1, 0.15) is 0 Å². The van der Waals surface area contributed by atoms with Crippen LogP contribution < -0.4 is 0 Å². The maximum absolute atomic E-state index is 13.8. The monoisotopic (exact) mass is 315 g/mol. The largest absolute Gasteiger partial charge is 0.331 e. The molecule has 23 heavy (non-hydrogen) atoms. The summed E-state index contributed by atoms with van der Waals surface area (Å²) in [7, 11) is 0. The zero-order valence-electron chi connectivity index (χ0n) is 12.2. The normalized spacial score (nSPS) is 13.6. The standard InChI is InChI=1S/C16H14FN3O3/c17-15-9-18-7-6-14(15)16(21)19(12-4-5-12)10-11-2-1-3-13(8-11)20(22)23/h1-3,6-9,12H,4-5,10H2. The van der Waals surface area contributed by atoms with Gasteiger partial charge in [0.15, 0.2) is 5.82 Å². The number of nitro benzene ring substituents is 1. The van der Waals surface area contributed by atoms with Crippen LogP contribution >= 0.6 is 0 Å². The molecule has 1 aromatic carbocycles. The van der Waals surface area contributed by atoms with Crippen LogP contribution in [0.1, 0.15) is 28.8 Å². The molecular weight excluding hydrogens is 301 g/mol. The van der Waals surface area contributed by atoms with Gasteiger partial charge in [-0.15, -0.1) is 0 Å². The van der Waals surface area contributed by atoms with Crippen LogP contribution in [0.25, 0.3) is 0 Å². The number of carbonyl (C=O) groups is 1. The number of benzene rings is 1. The Morgan fingerprint density at radius 2 is 2.17 bits per heavy atom. The first-order valence-electron chi connectivity index (χ1n) is 7.20. The molecule has 1 fully saturated rings. The fourth-order valence-corrected chi connectivity index (χ4v) is 2.42. The topological polar surface area (TPSA) is 76.3 Å². The highest BCUT2D eigenvalue weighted by atomic mass is 19.1. The number of nitrogens with zero attached hydrogens (tertiary/aromatic N) is 3. The Morgan fingerprint density at radius 3 is 2.83 bits per heavy atom. The molecule has 7 heteroatoms. The first kappa shape index (κ1) is 15.1. The quantitative estimate of drug-likeness (QED) is 0.628. The van der Waals surface area contributed by atoms with Crippen LogP contribution in [0.2, 0.25) is 0 Å². The maximum atomic E-state index is 13.8. The molecule has 0 aliphatic heterocycles. The molecule has 1 aromatic heterocycles. The van der Waals surface area contributed by atoms with E-state index in [1.807, 2.05) is 0 Å². The third kappa shape index (κ3) is 3.33. The predicted molar refractivity (Wildman–Crippen MR) is 80.2 cm³/mol. The van der Waals surface area contributed by atoms with E-state index in [0.29, 0.717) is 5.56 Å². The van der Waals surface area contributed by atoms with Crippen LogP contribution in [0.4, 0.5) is 10.1 Å². The lowest BCUT2D eigenvalue weighted by atomic mass is 10.1. The minimum Gasteiger partial charge on any atom is -0.331 e. The van der Waals surface area contributed by atoms with Gasteiger partial charge >= 0.3 is 0 Å². The number of rotatable bonds is 5. The van der Waals surface area contributed by atoms with Gasteiger partial charge in [0.2, 0.25) is 0 Å². The molecule has 2 aromatic rings. The third-order valence-corrected chi connectivity index (χ3v) is 3.73. The van der Waals surface area contributed by atoms with Crippen LogP contribution in [0.5, 0.6) is 0 Å². The molecule has 0 saturated heterocycles. The van der Waals surface area contributed by atoms with E-state index in [4.69, 9.17) is 0 Å². The lowest BCUT2D eigenvalue weighted by molar-refractivity contribution is -0.384. The van der Waals surface area contributed by atoms with Crippen LogP contribution in [-0.4, -0.2) is 26.8 Å². The van der Waals surface area contributed by atoms with Crippen LogP contribution in [-0.2, 0) is 6.54 Å². The summed E-state index contributed by atoms with van der Waals surface area (Å²) in [6, 6.07) is 7.53. The van der Waals surface area contributed by atoms with Gasteiger partial charge in [0, 0.05) is 30.9 Å². The van der Waals surface area contributed by atoms with E-state index in [0.717, 1.165) is 19.0 Å². The van der Waals surface area contributed by atoms with Gasteiger partial charge in [-0.1, -0.05) is 12.1 Å². The third-order valence-electron chi connectivity index (χ3n) is 3.73. The van der Waals surface area contributed by atoms with Crippen molar-refractivity contribution in [1.82, 2.24) is 9.88 Å². The van der Waals surface area contributed by atoms with Crippen molar-refractivity contribution < 1.29 is 14.1 Å². The molecule has 0 bridgehead atoms. The molecule has 1 saturated carbocycles. The van der Waals surface area contributed by atoms with Gasteiger partial charge in [-0.25, -0.2) is 4.39 Å². The number of hydrogen-bond acceptors (Lipinski definition) is 4. The first-order valence-corrected chi connectivity index (χ1v) is 7.20. The Balaban J connectivity index is 1.85. The Morgan fingerprint density at radius 1 is 1.39 bits per heavy atom. The molecule has 6 nitrogen and oxygen atoms in total. The molecule has 1 aliphatic rings. The number of pyridine rings is 1. The van der Waals surface area contributed by atoms with Gasteiger partial charge in [-0.2, -0.15) is 0 Å². The Bertz CT molecular complexity index is 762. The Kier molecular flexibility index (Phi) is 4.01. The highest BCUT2D eigenvalue weighted by Crippen LogP contribution is 2.30. The summed E-state index contributed by atoms with van der Waals surface area (Å²) >= 11 is 0. The second-order valence-corrected chi connectivity index (χ2v) is 5.45. The fraction of sp³-hybridized carbons (Fsp3) is 0.250. The molecule has 0 N–H and O–H groups in total. The van der Waals surface area contributed by atoms with E-state index in [1.54, 1.807) is 17.0 Å². The van der Waals surface area contributed by atoms with E-state index < -0.39 is 16.6 Å². The minimum absolute atomic E-state index is 0.0270. The first-order chi connectivity index (χ1) is 11.1. The summed E-state index contributed by atoms with van der Waals surface area (Å²) in [6.45, 7) is 0.215. The van der Waals surface area contributed by atoms with Crippen LogP contribution in [0.3, 0.4) is 0 Å². The average molecular weight is 315 g/mol. The number of nitro groups is 1. The van der Waals surface area contributed by atoms with Gasteiger partial charge < -0.3 is 4.90 Å². The molecule has 1 aliphatic carbocycles. The second-order valence-electron chi connectivity index (χ2n) is 5.45. The summed E-state index contributed by atoms with van der Waals surface area (Å²) in [5.74, 6) is -1.08. The number of aromatic nitrogens is 1. The number of halogens is 1. The van der Waals surface area contributed by atoms with E-state index in [1.165, 1.54) is 24.4 Å². The van der Waals surface area contributed by atoms with E-state index in [2.05, 4.69) is 4.98 Å². The predicted octanol–water partition coefficient (Wildman–Crippen LogP) is 2.93. The van der Waals surface area contributed by atoms with Crippen molar-refractivity contribution in [1.29, 1.82) is 0 Å².